The first-order chi connectivity index (χ1) is 17.8. The van der Waals surface area contributed by atoms with E-state index in [1.807, 2.05) is 6.08 Å². The van der Waals surface area contributed by atoms with Gasteiger partial charge in [-0.1, -0.05) is 74.7 Å². The maximum Gasteiger partial charge on any atom is 0.341 e. The summed E-state index contributed by atoms with van der Waals surface area (Å²) in [7, 11) is 5.54. The van der Waals surface area contributed by atoms with Crippen LogP contribution in [0.25, 0.3) is 5.57 Å². The largest absolute Gasteiger partial charge is 0.495 e. The fourth-order valence-corrected chi connectivity index (χ4v) is 4.70. The van der Waals surface area contributed by atoms with E-state index >= 15 is 0 Å². The fourth-order valence-electron chi connectivity index (χ4n) is 4.26. The third kappa shape index (κ3) is 8.14. The molecule has 0 aliphatic rings. The number of carbonyl (C=O) groups excluding carboxylic acids is 2. The Balaban J connectivity index is 2.66. The van der Waals surface area contributed by atoms with Crippen LogP contribution in [0.2, 0.25) is 10.0 Å². The van der Waals surface area contributed by atoms with Crippen LogP contribution in [0.15, 0.2) is 30.3 Å². The smallest absolute Gasteiger partial charge is 0.341 e. The lowest BCUT2D eigenvalue weighted by Crippen LogP contribution is -2.09. The molecule has 2 rings (SSSR count). The molecular weight excluding hydrogens is 515 g/mol. The summed E-state index contributed by atoms with van der Waals surface area (Å²) in [5, 5.41) is 0.652. The third-order valence-electron chi connectivity index (χ3n) is 6.06. The number of esters is 2. The Labute approximate surface area is 229 Å². The average Bonchev–Trinajstić information content (AvgIpc) is 2.90. The Kier molecular flexibility index (Phi) is 12.8. The Hall–Kier alpha value is -2.70. The lowest BCUT2D eigenvalue weighted by molar-refractivity contribution is 0.0588. The Morgan fingerprint density at radius 2 is 1.08 bits per heavy atom. The van der Waals surface area contributed by atoms with Crippen LogP contribution in [-0.4, -0.2) is 40.4 Å². The van der Waals surface area contributed by atoms with Crippen molar-refractivity contribution in [2.24, 2.45) is 0 Å². The molecular formula is C29H36Cl2O6. The molecule has 0 spiro atoms. The molecule has 0 amide bonds. The number of carbonyl (C=O) groups is 2. The first-order valence-corrected chi connectivity index (χ1v) is 13.2. The highest BCUT2D eigenvalue weighted by atomic mass is 35.5. The molecule has 0 fully saturated rings. The molecule has 8 heteroatoms. The topological polar surface area (TPSA) is 71.1 Å². The van der Waals surface area contributed by atoms with E-state index in [1.54, 1.807) is 12.1 Å². The molecule has 0 aliphatic carbocycles. The van der Waals surface area contributed by atoms with Gasteiger partial charge in [0.2, 0.25) is 0 Å². The van der Waals surface area contributed by atoms with Gasteiger partial charge in [-0.25, -0.2) is 9.59 Å². The number of ether oxygens (including phenoxy) is 4. The number of halogens is 2. The van der Waals surface area contributed by atoms with Gasteiger partial charge in [0.05, 0.1) is 28.4 Å². The first-order valence-electron chi connectivity index (χ1n) is 12.4. The van der Waals surface area contributed by atoms with E-state index in [1.165, 1.54) is 72.7 Å². The summed E-state index contributed by atoms with van der Waals surface area (Å²) in [6.45, 7) is 2.21. The molecule has 0 saturated carbocycles. The van der Waals surface area contributed by atoms with Gasteiger partial charge in [-0.2, -0.15) is 0 Å². The van der Waals surface area contributed by atoms with E-state index in [0.29, 0.717) is 38.2 Å². The molecule has 0 atom stereocenters. The van der Waals surface area contributed by atoms with Crippen LogP contribution in [-0.2, 0) is 9.47 Å². The number of hydrogen-bond donors (Lipinski definition) is 0. The van der Waals surface area contributed by atoms with Crippen LogP contribution in [0.3, 0.4) is 0 Å². The zero-order valence-electron chi connectivity index (χ0n) is 22.2. The molecule has 0 N–H and O–H groups in total. The zero-order chi connectivity index (χ0) is 27.4. The predicted octanol–water partition coefficient (Wildman–Crippen LogP) is 8.16. The zero-order valence-corrected chi connectivity index (χ0v) is 23.8. The third-order valence-corrected chi connectivity index (χ3v) is 6.50. The summed E-state index contributed by atoms with van der Waals surface area (Å²) in [6.07, 6.45) is 11.0. The SMILES string of the molecule is CCCCCCCCCC=C(c1cc(Cl)cc(C(=O)OC)c1OC)c1cc(Cl)cc(C(=O)OC)c1OC. The molecule has 0 saturated heterocycles. The van der Waals surface area contributed by atoms with Gasteiger partial charge in [-0.15, -0.1) is 0 Å². The summed E-state index contributed by atoms with van der Waals surface area (Å²) >= 11 is 12.9. The van der Waals surface area contributed by atoms with Gasteiger partial charge in [0.25, 0.3) is 0 Å². The number of methoxy groups -OCH3 is 4. The molecule has 0 bridgehead atoms. The summed E-state index contributed by atoms with van der Waals surface area (Å²) in [6, 6.07) is 6.42. The first kappa shape index (κ1) is 30.5. The number of benzene rings is 2. The molecule has 2 aromatic carbocycles. The second kappa shape index (κ2) is 15.5. The van der Waals surface area contributed by atoms with Crippen molar-refractivity contribution in [1.29, 1.82) is 0 Å². The van der Waals surface area contributed by atoms with Crippen LogP contribution in [0.1, 0.15) is 90.1 Å². The van der Waals surface area contributed by atoms with Gasteiger partial charge in [0.15, 0.2) is 0 Å². The highest BCUT2D eigenvalue weighted by Crippen LogP contribution is 2.42. The number of rotatable bonds is 14. The maximum absolute atomic E-state index is 12.5. The van der Waals surface area contributed by atoms with Gasteiger partial charge >= 0.3 is 11.9 Å². The molecule has 202 valence electrons. The predicted molar refractivity (Wildman–Crippen MR) is 148 cm³/mol. The van der Waals surface area contributed by atoms with Gasteiger partial charge in [-0.3, -0.25) is 0 Å². The average molecular weight is 552 g/mol. The van der Waals surface area contributed by atoms with Gasteiger partial charge in [0, 0.05) is 21.2 Å². The molecule has 37 heavy (non-hydrogen) atoms. The van der Waals surface area contributed by atoms with E-state index < -0.39 is 11.9 Å². The number of hydrogen-bond acceptors (Lipinski definition) is 6. The second-order valence-corrected chi connectivity index (χ2v) is 9.45. The summed E-state index contributed by atoms with van der Waals surface area (Å²) < 4.78 is 21.3. The van der Waals surface area contributed by atoms with Gasteiger partial charge in [-0.05, 0) is 42.7 Å². The van der Waals surface area contributed by atoms with E-state index in [4.69, 9.17) is 42.1 Å². The lowest BCUT2D eigenvalue weighted by Gasteiger charge is -2.20. The molecule has 0 radical (unpaired) electrons. The van der Waals surface area contributed by atoms with Gasteiger partial charge < -0.3 is 18.9 Å². The minimum Gasteiger partial charge on any atom is -0.495 e. The van der Waals surface area contributed by atoms with Gasteiger partial charge in [0.1, 0.15) is 22.6 Å². The lowest BCUT2D eigenvalue weighted by atomic mass is 9.91. The summed E-state index contributed by atoms with van der Waals surface area (Å²) in [5.74, 6) is -0.576. The van der Waals surface area contributed by atoms with Crippen molar-refractivity contribution < 1.29 is 28.5 Å². The Morgan fingerprint density at radius 3 is 1.49 bits per heavy atom. The van der Waals surface area contributed by atoms with Crippen molar-refractivity contribution in [2.45, 2.75) is 58.3 Å². The van der Waals surface area contributed by atoms with Crippen LogP contribution < -0.4 is 9.47 Å². The van der Waals surface area contributed by atoms with Crippen molar-refractivity contribution >= 4 is 40.7 Å². The monoisotopic (exact) mass is 550 g/mol. The molecule has 0 heterocycles. The Bertz CT molecular complexity index is 1030. The van der Waals surface area contributed by atoms with Crippen molar-refractivity contribution in [2.75, 3.05) is 28.4 Å². The second-order valence-electron chi connectivity index (χ2n) is 8.58. The van der Waals surface area contributed by atoms with E-state index in [2.05, 4.69) is 6.92 Å². The summed E-state index contributed by atoms with van der Waals surface area (Å²) in [5.41, 5.74) is 2.14. The van der Waals surface area contributed by atoms with E-state index in [-0.39, 0.29) is 11.1 Å². The molecule has 0 aromatic heterocycles. The number of allylic oxidation sites excluding steroid dienone is 1. The highest BCUT2D eigenvalue weighted by molar-refractivity contribution is 6.32. The molecule has 0 unspecified atom stereocenters. The van der Waals surface area contributed by atoms with Crippen LogP contribution in [0.4, 0.5) is 0 Å². The van der Waals surface area contributed by atoms with E-state index in [0.717, 1.165) is 19.3 Å². The van der Waals surface area contributed by atoms with Crippen molar-refractivity contribution in [1.82, 2.24) is 0 Å². The fraction of sp³-hybridized carbons (Fsp3) is 0.448. The maximum atomic E-state index is 12.5. The standard InChI is InChI=1S/C29H36Cl2O6/c1-6-7-8-9-10-11-12-13-14-21(22-15-19(30)17-24(26(22)34-2)28(32)36-4)23-16-20(31)18-25(27(23)35-3)29(33)37-5/h14-18H,6-13H2,1-5H3. The summed E-state index contributed by atoms with van der Waals surface area (Å²) in [4.78, 5) is 25.1. The van der Waals surface area contributed by atoms with Crippen molar-refractivity contribution in [3.8, 4) is 11.5 Å². The minimum atomic E-state index is -0.583. The Morgan fingerprint density at radius 1 is 0.676 bits per heavy atom. The van der Waals surface area contributed by atoms with Crippen LogP contribution in [0.5, 0.6) is 11.5 Å². The molecule has 6 nitrogen and oxygen atoms in total. The van der Waals surface area contributed by atoms with Crippen molar-refractivity contribution in [3.63, 3.8) is 0 Å². The van der Waals surface area contributed by atoms with Crippen molar-refractivity contribution in [3.05, 3.63) is 62.6 Å². The molecule has 2 aromatic rings. The number of unbranched alkanes of at least 4 members (excludes halogenated alkanes) is 7. The molecule has 0 aliphatic heterocycles. The van der Waals surface area contributed by atoms with Crippen LogP contribution >= 0.6 is 23.2 Å². The van der Waals surface area contributed by atoms with Crippen LogP contribution in [0, 0.1) is 0 Å². The quantitative estimate of drug-likeness (QED) is 0.174. The van der Waals surface area contributed by atoms with E-state index in [9.17, 15) is 9.59 Å². The normalized spacial score (nSPS) is 10.6. The highest BCUT2D eigenvalue weighted by Gasteiger charge is 2.25. The minimum absolute atomic E-state index is 0.184.